The monoisotopic (exact) mass is 188 g/mol. The average Bonchev–Trinajstić information content (AvgIpc) is 1.36. The number of hydrogen-bond acceptors (Lipinski definition) is 6. The van der Waals surface area contributed by atoms with Crippen LogP contribution < -0.4 is 17.4 Å². The van der Waals surface area contributed by atoms with Crippen LogP contribution >= 0.6 is 0 Å². The zero-order chi connectivity index (χ0) is 5.15. The number of hydrogen-bond donors (Lipinski definition) is 3. The third-order valence-electron chi connectivity index (χ3n) is 0.341. The first kappa shape index (κ1) is 32.3. The van der Waals surface area contributed by atoms with Gasteiger partial charge < -0.3 is 32.8 Å². The van der Waals surface area contributed by atoms with E-state index in [0.717, 1.165) is 6.92 Å². The van der Waals surface area contributed by atoms with Gasteiger partial charge in [0.25, 0.3) is 0 Å². The molecule has 0 fully saturated rings. The average molecular weight is 188 g/mol. The summed E-state index contributed by atoms with van der Waals surface area (Å²) in [7, 11) is 0. The van der Waals surface area contributed by atoms with Crippen LogP contribution in [0.5, 0.6) is 0 Å². The van der Waals surface area contributed by atoms with Gasteiger partial charge in [0.2, 0.25) is 0 Å². The zero-order valence-electron chi connectivity index (χ0n) is 5.70. The Morgan fingerprint density at radius 2 is 1.60 bits per heavy atom. The quantitative estimate of drug-likeness (QED) is 0.413. The SMILES string of the molecule is CC(O)C(=O)[O-].N.N.[OH-].[Ti+4]. The smallest absolute Gasteiger partial charge is 0.870 e. The molecule has 0 radical (unpaired) electrons. The molecule has 8 N–H and O–H groups in total. The number of rotatable bonds is 1. The Kier molecular flexibility index (Phi) is 51.8. The number of carboxylic acids is 1. The molecule has 0 aromatic heterocycles. The minimum atomic E-state index is -1.44. The maximum absolute atomic E-state index is 9.34. The molecule has 0 amide bonds. The maximum Gasteiger partial charge on any atom is 4.00 e. The van der Waals surface area contributed by atoms with Gasteiger partial charge in [-0.15, -0.1) is 0 Å². The third-order valence-corrected chi connectivity index (χ3v) is 0.341. The predicted molar refractivity (Wildman–Crippen MR) is 28.7 cm³/mol. The van der Waals surface area contributed by atoms with Crippen molar-refractivity contribution in [1.82, 2.24) is 12.3 Å². The summed E-state index contributed by atoms with van der Waals surface area (Å²) in [5.41, 5.74) is 0. The van der Waals surface area contributed by atoms with Gasteiger partial charge >= 0.3 is 21.7 Å². The molecule has 1 unspecified atom stereocenters. The molecule has 0 aliphatic heterocycles. The van der Waals surface area contributed by atoms with Crippen molar-refractivity contribution in [2.75, 3.05) is 0 Å². The second-order valence-electron chi connectivity index (χ2n) is 0.995. The summed E-state index contributed by atoms with van der Waals surface area (Å²) in [5.74, 6) is -1.44. The number of carbonyl (C=O) groups excluding carboxylic acids is 1. The van der Waals surface area contributed by atoms with Gasteiger partial charge in [-0.1, -0.05) is 0 Å². The Morgan fingerprint density at radius 1 is 1.50 bits per heavy atom. The van der Waals surface area contributed by atoms with Crippen LogP contribution in [0.3, 0.4) is 0 Å². The van der Waals surface area contributed by atoms with Crippen LogP contribution in [0, 0.1) is 0 Å². The van der Waals surface area contributed by atoms with Crippen LogP contribution in [0.4, 0.5) is 0 Å². The van der Waals surface area contributed by atoms with Gasteiger partial charge in [0.1, 0.15) is 0 Å². The van der Waals surface area contributed by atoms with Gasteiger partial charge in [0.05, 0.1) is 12.1 Å². The molecule has 0 aliphatic carbocycles. The molecule has 0 spiro atoms. The first-order valence-corrected chi connectivity index (χ1v) is 1.53. The normalized spacial score (nSPS) is 8.20. The predicted octanol–water partition coefficient (Wildman–Crippen LogP) is -1.74. The molecule has 60 valence electrons. The van der Waals surface area contributed by atoms with Crippen LogP contribution in [0.1, 0.15) is 6.92 Å². The van der Waals surface area contributed by atoms with E-state index in [0.29, 0.717) is 0 Å². The third kappa shape index (κ3) is 24.4. The van der Waals surface area contributed by atoms with E-state index in [1.807, 2.05) is 0 Å². The van der Waals surface area contributed by atoms with Gasteiger partial charge in [-0.25, -0.2) is 0 Å². The van der Waals surface area contributed by atoms with Gasteiger partial charge in [0.15, 0.2) is 0 Å². The van der Waals surface area contributed by atoms with Gasteiger partial charge in [-0.2, -0.15) is 0 Å². The molecular weight excluding hydrogens is 176 g/mol. The van der Waals surface area contributed by atoms with Crippen LogP contribution in [-0.2, 0) is 26.5 Å². The van der Waals surface area contributed by atoms with E-state index >= 15 is 0 Å². The Hall–Kier alpha value is 0.0243. The molecule has 0 aromatic carbocycles. The molecule has 0 saturated carbocycles. The number of aliphatic hydroxyl groups excluding tert-OH is 1. The van der Waals surface area contributed by atoms with Crippen molar-refractivity contribution < 1.29 is 42.2 Å². The number of aliphatic hydroxyl groups is 1. The molecule has 0 aromatic rings. The second-order valence-corrected chi connectivity index (χ2v) is 0.995. The second kappa shape index (κ2) is 16.0. The Balaban J connectivity index is -0.0000000208. The first-order chi connectivity index (χ1) is 2.64. The van der Waals surface area contributed by atoms with E-state index in [2.05, 4.69) is 0 Å². The van der Waals surface area contributed by atoms with Crippen molar-refractivity contribution in [3.8, 4) is 0 Å². The maximum atomic E-state index is 9.34. The van der Waals surface area contributed by atoms with Crippen LogP contribution in [0.15, 0.2) is 0 Å². The van der Waals surface area contributed by atoms with E-state index in [4.69, 9.17) is 5.11 Å². The van der Waals surface area contributed by atoms with Crippen molar-refractivity contribution in [2.24, 2.45) is 0 Å². The van der Waals surface area contributed by atoms with Crippen molar-refractivity contribution in [3.63, 3.8) is 0 Å². The fourth-order valence-electron chi connectivity index (χ4n) is 0. The summed E-state index contributed by atoms with van der Waals surface area (Å²) in [6, 6.07) is 0. The van der Waals surface area contributed by atoms with Crippen molar-refractivity contribution in [3.05, 3.63) is 0 Å². The molecular formula is C3H12N2O4Ti+2. The Morgan fingerprint density at radius 3 is 1.60 bits per heavy atom. The van der Waals surface area contributed by atoms with Crippen molar-refractivity contribution >= 4 is 5.97 Å². The molecule has 6 nitrogen and oxygen atoms in total. The molecule has 0 rings (SSSR count). The van der Waals surface area contributed by atoms with E-state index in [1.165, 1.54) is 0 Å². The standard InChI is InChI=1S/C3H6O3.2H3N.H2O.Ti/c1-2(4)3(5)6;;;;/h2,4H,1H3,(H,5,6);2*1H3;1H2;/q;;;;+4/p-2. The molecule has 0 aliphatic rings. The van der Waals surface area contributed by atoms with Crippen molar-refractivity contribution in [2.45, 2.75) is 13.0 Å². The Labute approximate surface area is 74.0 Å². The number of carboxylic acid groups (broad SMARTS) is 1. The fourth-order valence-corrected chi connectivity index (χ4v) is 0. The molecule has 10 heavy (non-hydrogen) atoms. The topological polar surface area (TPSA) is 160 Å². The van der Waals surface area contributed by atoms with E-state index < -0.39 is 12.1 Å². The zero-order valence-corrected chi connectivity index (χ0v) is 7.26. The number of aliphatic carboxylic acids is 1. The summed E-state index contributed by atoms with van der Waals surface area (Å²) < 4.78 is 0. The summed E-state index contributed by atoms with van der Waals surface area (Å²) in [6.45, 7) is 1.13. The first-order valence-electron chi connectivity index (χ1n) is 1.53. The largest absolute Gasteiger partial charge is 4.00 e. The minimum absolute atomic E-state index is 0. The molecule has 0 bridgehead atoms. The molecule has 7 heteroatoms. The van der Waals surface area contributed by atoms with Gasteiger partial charge in [-0.05, 0) is 6.92 Å². The van der Waals surface area contributed by atoms with Gasteiger partial charge in [-0.3, -0.25) is 0 Å². The van der Waals surface area contributed by atoms with E-state index in [9.17, 15) is 9.90 Å². The van der Waals surface area contributed by atoms with Crippen molar-refractivity contribution in [1.29, 1.82) is 0 Å². The summed E-state index contributed by atoms with van der Waals surface area (Å²) >= 11 is 0. The molecule has 1 atom stereocenters. The van der Waals surface area contributed by atoms with Crippen LogP contribution in [0.2, 0.25) is 0 Å². The van der Waals surface area contributed by atoms with Crippen LogP contribution in [0.25, 0.3) is 0 Å². The van der Waals surface area contributed by atoms with Gasteiger partial charge in [0, 0.05) is 0 Å². The van der Waals surface area contributed by atoms with E-state index in [1.54, 1.807) is 0 Å². The Bertz CT molecular complexity index is 69.5. The number of carbonyl (C=O) groups is 1. The van der Waals surface area contributed by atoms with E-state index in [-0.39, 0.29) is 39.5 Å². The minimum Gasteiger partial charge on any atom is -0.870 e. The molecule has 0 saturated heterocycles. The summed E-state index contributed by atoms with van der Waals surface area (Å²) in [5, 5.41) is 17.3. The fraction of sp³-hybridized carbons (Fsp3) is 0.667. The molecule has 0 heterocycles. The van der Waals surface area contributed by atoms with Crippen LogP contribution in [-0.4, -0.2) is 22.7 Å². The summed E-state index contributed by atoms with van der Waals surface area (Å²) in [6.07, 6.45) is -1.34. The summed E-state index contributed by atoms with van der Waals surface area (Å²) in [4.78, 5) is 9.34.